The van der Waals surface area contributed by atoms with E-state index in [1.54, 1.807) is 12.3 Å². The molecule has 7 heteroatoms. The second-order valence-corrected chi connectivity index (χ2v) is 9.34. The molecule has 0 bridgehead atoms. The van der Waals surface area contributed by atoms with Gasteiger partial charge in [-0.2, -0.15) is 5.10 Å². The lowest BCUT2D eigenvalue weighted by molar-refractivity contribution is 0.0908. The number of ketones is 1. The highest BCUT2D eigenvalue weighted by atomic mass is 32.1. The third-order valence-electron chi connectivity index (χ3n) is 5.91. The molecule has 0 spiro atoms. The number of nitrogens with zero attached hydrogens (tertiary/aromatic N) is 4. The number of hydrogen-bond donors (Lipinski definition) is 1. The summed E-state index contributed by atoms with van der Waals surface area (Å²) in [6, 6.07) is 5.92. The summed E-state index contributed by atoms with van der Waals surface area (Å²) in [5, 5.41) is 8.94. The number of thiocarbonyl (C=S) groups is 1. The van der Waals surface area contributed by atoms with Crippen LogP contribution in [-0.2, 0) is 13.0 Å². The molecule has 2 aliphatic rings. The Labute approximate surface area is 183 Å². The molecule has 6 nitrogen and oxygen atoms in total. The summed E-state index contributed by atoms with van der Waals surface area (Å²) >= 11 is 5.63. The fraction of sp³-hybridized carbons (Fsp3) is 0.478. The lowest BCUT2D eigenvalue weighted by Gasteiger charge is -2.30. The first-order valence-electron chi connectivity index (χ1n) is 10.6. The maximum atomic E-state index is 13.2. The summed E-state index contributed by atoms with van der Waals surface area (Å²) in [5.74, 6) is 0.195. The van der Waals surface area contributed by atoms with Gasteiger partial charge in [0.15, 0.2) is 10.9 Å². The van der Waals surface area contributed by atoms with Gasteiger partial charge in [-0.3, -0.25) is 14.5 Å². The molecule has 1 N–H and O–H groups in total. The smallest absolute Gasteiger partial charge is 0.169 e. The van der Waals surface area contributed by atoms with E-state index < -0.39 is 0 Å². The quantitative estimate of drug-likeness (QED) is 0.585. The van der Waals surface area contributed by atoms with E-state index in [2.05, 4.69) is 35.6 Å². The van der Waals surface area contributed by atoms with Crippen molar-refractivity contribution in [3.8, 4) is 0 Å². The average Bonchev–Trinajstić information content (AvgIpc) is 3.31. The van der Waals surface area contributed by atoms with Gasteiger partial charge in [-0.05, 0) is 49.0 Å². The van der Waals surface area contributed by atoms with Crippen LogP contribution in [0.15, 0.2) is 37.1 Å². The predicted molar refractivity (Wildman–Crippen MR) is 121 cm³/mol. The zero-order chi connectivity index (χ0) is 21.3. The Kier molecular flexibility index (Phi) is 5.73. The van der Waals surface area contributed by atoms with E-state index in [1.165, 1.54) is 0 Å². The summed E-state index contributed by atoms with van der Waals surface area (Å²) in [6.07, 6.45) is 6.95. The van der Waals surface area contributed by atoms with Gasteiger partial charge in [-0.25, -0.2) is 0 Å². The minimum Gasteiger partial charge on any atom is -0.359 e. The first-order valence-corrected chi connectivity index (χ1v) is 11.0. The molecule has 1 fully saturated rings. The van der Waals surface area contributed by atoms with E-state index in [9.17, 15) is 4.79 Å². The van der Waals surface area contributed by atoms with E-state index in [4.69, 9.17) is 17.3 Å². The van der Waals surface area contributed by atoms with Gasteiger partial charge in [0.25, 0.3) is 0 Å². The first-order chi connectivity index (χ1) is 14.4. The topological polar surface area (TPSA) is 63.1 Å². The number of carbonyl (C=O) groups excluding carboxylic acids is 1. The van der Waals surface area contributed by atoms with E-state index in [1.807, 2.05) is 22.9 Å². The van der Waals surface area contributed by atoms with Crippen LogP contribution in [0.4, 0.5) is 0 Å². The molecule has 3 heterocycles. The van der Waals surface area contributed by atoms with Crippen molar-refractivity contribution in [2.75, 3.05) is 13.1 Å². The zero-order valence-corrected chi connectivity index (χ0v) is 18.5. The van der Waals surface area contributed by atoms with Crippen molar-refractivity contribution in [1.82, 2.24) is 25.0 Å². The predicted octanol–water partition coefficient (Wildman–Crippen LogP) is 3.68. The molecule has 0 saturated carbocycles. The molecule has 0 unspecified atom stereocenters. The Morgan fingerprint density at radius 3 is 2.97 bits per heavy atom. The Balaban J connectivity index is 1.74. The van der Waals surface area contributed by atoms with Crippen LogP contribution in [0.1, 0.15) is 66.6 Å². The van der Waals surface area contributed by atoms with Crippen LogP contribution in [0, 0.1) is 5.41 Å². The number of rotatable bonds is 5. The minimum atomic E-state index is -0.0700. The maximum Gasteiger partial charge on any atom is 0.169 e. The molecule has 1 aliphatic heterocycles. The monoisotopic (exact) mass is 423 g/mol. The van der Waals surface area contributed by atoms with Gasteiger partial charge < -0.3 is 10.2 Å². The summed E-state index contributed by atoms with van der Waals surface area (Å²) in [4.78, 5) is 19.9. The van der Waals surface area contributed by atoms with Gasteiger partial charge in [-0.15, -0.1) is 6.58 Å². The normalized spacial score (nSPS) is 20.1. The fourth-order valence-electron chi connectivity index (χ4n) is 4.60. The number of Topliss-reactive ketones (excluding diaryl/α,β-unsaturated/α-hetero) is 1. The first kappa shape index (κ1) is 20.7. The van der Waals surface area contributed by atoms with E-state index in [0.29, 0.717) is 24.6 Å². The van der Waals surface area contributed by atoms with Crippen LogP contribution in [0.25, 0.3) is 0 Å². The average molecular weight is 424 g/mol. The third kappa shape index (κ3) is 4.03. The van der Waals surface area contributed by atoms with Crippen LogP contribution in [0.3, 0.4) is 0 Å². The largest absolute Gasteiger partial charge is 0.359 e. The van der Waals surface area contributed by atoms with Crippen molar-refractivity contribution < 1.29 is 4.79 Å². The van der Waals surface area contributed by atoms with Gasteiger partial charge in [-0.1, -0.05) is 26.0 Å². The van der Waals surface area contributed by atoms with E-state index in [-0.39, 0.29) is 17.2 Å². The standard InChI is InChI=1S/C23H29N5OS/c1-4-10-25-22(30)27-12-7-9-17(27)21-20-18(13-23(2,3)14-19(20)29)28(26-21)15-16-8-5-6-11-24-16/h4-6,8,11,17H,1,7,9-10,12-15H2,2-3H3,(H,25,30)/t17-/m0/s1. The fourth-order valence-corrected chi connectivity index (χ4v) is 4.91. The Morgan fingerprint density at radius 2 is 2.23 bits per heavy atom. The lowest BCUT2D eigenvalue weighted by atomic mass is 9.75. The molecule has 2 aromatic rings. The maximum absolute atomic E-state index is 13.2. The van der Waals surface area contributed by atoms with Crippen LogP contribution in [-0.4, -0.2) is 43.6 Å². The zero-order valence-electron chi connectivity index (χ0n) is 17.7. The highest BCUT2D eigenvalue weighted by Gasteiger charge is 2.40. The van der Waals surface area contributed by atoms with Crippen LogP contribution >= 0.6 is 12.2 Å². The van der Waals surface area contributed by atoms with Gasteiger partial charge in [0.2, 0.25) is 0 Å². The second-order valence-electron chi connectivity index (χ2n) is 8.95. The van der Waals surface area contributed by atoms with Crippen molar-refractivity contribution in [1.29, 1.82) is 0 Å². The number of nitrogens with one attached hydrogen (secondary N) is 1. The molecule has 0 amide bonds. The molecule has 1 saturated heterocycles. The number of hydrogen-bond acceptors (Lipinski definition) is 4. The molecule has 1 atom stereocenters. The van der Waals surface area contributed by atoms with Crippen LogP contribution < -0.4 is 5.32 Å². The molecule has 2 aromatic heterocycles. The van der Waals surface area contributed by atoms with Crippen molar-refractivity contribution in [3.63, 3.8) is 0 Å². The van der Waals surface area contributed by atoms with Gasteiger partial charge in [0, 0.05) is 25.7 Å². The Morgan fingerprint density at radius 1 is 1.40 bits per heavy atom. The summed E-state index contributed by atoms with van der Waals surface area (Å²) in [7, 11) is 0. The molecular formula is C23H29N5OS. The summed E-state index contributed by atoms with van der Waals surface area (Å²) < 4.78 is 2.00. The summed E-state index contributed by atoms with van der Waals surface area (Å²) in [5.41, 5.74) is 3.60. The number of pyridine rings is 1. The third-order valence-corrected chi connectivity index (χ3v) is 6.29. The Hall–Kier alpha value is -2.54. The van der Waals surface area contributed by atoms with Gasteiger partial charge >= 0.3 is 0 Å². The highest BCUT2D eigenvalue weighted by Crippen LogP contribution is 2.41. The number of likely N-dealkylation sites (tertiary alicyclic amines) is 1. The van der Waals surface area contributed by atoms with Crippen molar-refractivity contribution >= 4 is 23.1 Å². The highest BCUT2D eigenvalue weighted by molar-refractivity contribution is 7.80. The molecular weight excluding hydrogens is 394 g/mol. The molecule has 0 aromatic carbocycles. The van der Waals surface area contributed by atoms with Crippen LogP contribution in [0.5, 0.6) is 0 Å². The minimum absolute atomic E-state index is 0.0266. The SMILES string of the molecule is C=CCNC(=S)N1CCC[C@H]1c1nn(Cc2ccccn2)c2c1C(=O)CC(C)(C)C2. The molecule has 30 heavy (non-hydrogen) atoms. The lowest BCUT2D eigenvalue weighted by Crippen LogP contribution is -2.40. The second kappa shape index (κ2) is 8.30. The van der Waals surface area contributed by atoms with E-state index in [0.717, 1.165) is 48.5 Å². The van der Waals surface area contributed by atoms with Crippen molar-refractivity contribution in [2.45, 2.75) is 52.1 Å². The molecule has 0 radical (unpaired) electrons. The van der Waals surface area contributed by atoms with E-state index >= 15 is 0 Å². The number of aromatic nitrogens is 3. The number of carbonyl (C=O) groups is 1. The van der Waals surface area contributed by atoms with Gasteiger partial charge in [0.1, 0.15) is 0 Å². The van der Waals surface area contributed by atoms with Crippen LogP contribution in [0.2, 0.25) is 0 Å². The Bertz CT molecular complexity index is 965. The summed E-state index contributed by atoms with van der Waals surface area (Å²) in [6.45, 7) is 10.1. The van der Waals surface area contributed by atoms with Gasteiger partial charge in [0.05, 0.1) is 35.2 Å². The molecule has 4 rings (SSSR count). The molecule has 1 aliphatic carbocycles. The van der Waals surface area contributed by atoms with Crippen molar-refractivity contribution in [3.05, 3.63) is 59.7 Å². The van der Waals surface area contributed by atoms with Crippen molar-refractivity contribution in [2.24, 2.45) is 5.41 Å². The number of fused-ring (bicyclic) bond motifs is 1. The molecule has 158 valence electrons.